The molecule has 51 heavy (non-hydrogen) atoms. The zero-order chi connectivity index (χ0) is 35.7. The molecule has 3 heterocycles. The first kappa shape index (κ1) is 33.5. The van der Waals surface area contributed by atoms with Crippen LogP contribution in [0.3, 0.4) is 0 Å². The first-order valence-corrected chi connectivity index (χ1v) is 17.0. The minimum absolute atomic E-state index is 0.0476. The quantitative estimate of drug-likeness (QED) is 0.196. The summed E-state index contributed by atoms with van der Waals surface area (Å²) in [5.74, 6) is -1.14. The SMILES string of the molecule is Cn1cc(C(=O)OCc2ccccc2)c(=O)c(-c2ccc(C3(C(=O)N4CCC[C@@H]4C(=O)Nc4cccc5c4cnn5C(=O)O)CCCC3)cc2)c1. The van der Waals surface area contributed by atoms with E-state index in [1.54, 1.807) is 40.9 Å². The van der Waals surface area contributed by atoms with E-state index in [0.29, 0.717) is 59.9 Å². The van der Waals surface area contributed by atoms with E-state index in [9.17, 15) is 29.1 Å². The number of aromatic nitrogens is 3. The molecule has 1 aliphatic heterocycles. The lowest BCUT2D eigenvalue weighted by molar-refractivity contribution is -0.141. The number of esters is 1. The summed E-state index contributed by atoms with van der Waals surface area (Å²) in [6, 6.07) is 20.9. The highest BCUT2D eigenvalue weighted by atomic mass is 16.5. The molecule has 0 spiro atoms. The largest absolute Gasteiger partial charge is 0.463 e. The third-order valence-electron chi connectivity index (χ3n) is 10.1. The van der Waals surface area contributed by atoms with Gasteiger partial charge in [0, 0.05) is 36.9 Å². The van der Waals surface area contributed by atoms with E-state index >= 15 is 0 Å². The van der Waals surface area contributed by atoms with Crippen molar-refractivity contribution in [2.24, 2.45) is 7.05 Å². The van der Waals surface area contributed by atoms with E-state index in [1.165, 1.54) is 12.4 Å². The Balaban J connectivity index is 1.11. The van der Waals surface area contributed by atoms with E-state index in [4.69, 9.17) is 4.74 Å². The molecule has 260 valence electrons. The molecule has 2 aliphatic rings. The molecule has 2 N–H and O–H groups in total. The molecule has 1 saturated carbocycles. The number of rotatable bonds is 8. The number of fused-ring (bicyclic) bond motifs is 1. The van der Waals surface area contributed by atoms with Crippen LogP contribution < -0.4 is 10.7 Å². The molecule has 2 fully saturated rings. The molecule has 12 heteroatoms. The normalized spacial score (nSPS) is 16.6. The number of nitrogens with one attached hydrogen (secondary N) is 1. The van der Waals surface area contributed by atoms with Gasteiger partial charge in [-0.05, 0) is 54.5 Å². The number of carbonyl (C=O) groups is 4. The lowest BCUT2D eigenvalue weighted by atomic mass is 9.77. The van der Waals surface area contributed by atoms with Gasteiger partial charge in [-0.25, -0.2) is 9.59 Å². The number of anilines is 1. The number of amides is 2. The molecule has 2 amide bonds. The summed E-state index contributed by atoms with van der Waals surface area (Å²) in [6.45, 7) is 0.493. The van der Waals surface area contributed by atoms with Gasteiger partial charge in [0.1, 0.15) is 18.2 Å². The van der Waals surface area contributed by atoms with Gasteiger partial charge in [-0.15, -0.1) is 0 Å². The molecular formula is C39H37N5O7. The van der Waals surface area contributed by atoms with Crippen LogP contribution in [0.15, 0.2) is 96.2 Å². The number of aryl methyl sites for hydroxylation is 1. The van der Waals surface area contributed by atoms with Gasteiger partial charge in [0.05, 0.1) is 22.8 Å². The van der Waals surface area contributed by atoms with E-state index in [1.807, 2.05) is 54.6 Å². The van der Waals surface area contributed by atoms with Crippen molar-refractivity contribution in [1.82, 2.24) is 19.2 Å². The molecule has 0 unspecified atom stereocenters. The Morgan fingerprint density at radius 3 is 2.41 bits per heavy atom. The van der Waals surface area contributed by atoms with Crippen LogP contribution in [0.1, 0.15) is 60.0 Å². The van der Waals surface area contributed by atoms with E-state index in [2.05, 4.69) is 10.4 Å². The Labute approximate surface area is 293 Å². The maximum atomic E-state index is 14.5. The molecule has 7 rings (SSSR count). The molecule has 12 nitrogen and oxygen atoms in total. The lowest BCUT2D eigenvalue weighted by Gasteiger charge is -2.35. The van der Waals surface area contributed by atoms with E-state index in [0.717, 1.165) is 28.7 Å². The van der Waals surface area contributed by atoms with Gasteiger partial charge in [-0.2, -0.15) is 9.78 Å². The second kappa shape index (κ2) is 13.7. The highest BCUT2D eigenvalue weighted by molar-refractivity contribution is 6.05. The van der Waals surface area contributed by atoms with Crippen molar-refractivity contribution in [2.45, 2.75) is 56.6 Å². The third kappa shape index (κ3) is 6.29. The summed E-state index contributed by atoms with van der Waals surface area (Å²) in [4.78, 5) is 68.0. The van der Waals surface area contributed by atoms with Crippen LogP contribution in [0.5, 0.6) is 0 Å². The summed E-state index contributed by atoms with van der Waals surface area (Å²) in [5.41, 5.74) is 2.02. The fourth-order valence-electron chi connectivity index (χ4n) is 7.52. The van der Waals surface area contributed by atoms with Gasteiger partial charge in [-0.1, -0.05) is 73.5 Å². The average molecular weight is 688 g/mol. The van der Waals surface area contributed by atoms with Gasteiger partial charge >= 0.3 is 12.1 Å². The number of hydrogen-bond acceptors (Lipinski definition) is 7. The van der Waals surface area contributed by atoms with Crippen molar-refractivity contribution < 1.29 is 29.0 Å². The van der Waals surface area contributed by atoms with Crippen molar-refractivity contribution in [3.8, 4) is 11.1 Å². The first-order chi connectivity index (χ1) is 24.7. The molecule has 1 aliphatic carbocycles. The number of benzene rings is 3. The fourth-order valence-corrected chi connectivity index (χ4v) is 7.52. The number of carbonyl (C=O) groups excluding carboxylic acids is 3. The minimum atomic E-state index is -1.23. The monoisotopic (exact) mass is 687 g/mol. The molecule has 0 radical (unpaired) electrons. The minimum Gasteiger partial charge on any atom is -0.463 e. The molecule has 1 atom stereocenters. The Morgan fingerprint density at radius 1 is 0.941 bits per heavy atom. The zero-order valence-electron chi connectivity index (χ0n) is 28.1. The molecule has 1 saturated heterocycles. The maximum absolute atomic E-state index is 14.5. The predicted molar refractivity (Wildman–Crippen MR) is 189 cm³/mol. The van der Waals surface area contributed by atoms with Crippen molar-refractivity contribution in [3.63, 3.8) is 0 Å². The average Bonchev–Trinajstić information content (AvgIpc) is 3.93. The second-order valence-corrected chi connectivity index (χ2v) is 13.2. The van der Waals surface area contributed by atoms with Crippen LogP contribution in [0, 0.1) is 0 Å². The fraction of sp³-hybridized carbons (Fsp3) is 0.282. The highest BCUT2D eigenvalue weighted by Gasteiger charge is 2.48. The summed E-state index contributed by atoms with van der Waals surface area (Å²) >= 11 is 0. The number of ether oxygens (including phenoxy) is 1. The second-order valence-electron chi connectivity index (χ2n) is 13.2. The van der Waals surface area contributed by atoms with Crippen LogP contribution >= 0.6 is 0 Å². The van der Waals surface area contributed by atoms with Crippen LogP contribution in [0.25, 0.3) is 22.0 Å². The number of pyridine rings is 1. The lowest BCUT2D eigenvalue weighted by Crippen LogP contribution is -2.51. The van der Waals surface area contributed by atoms with Gasteiger partial charge < -0.3 is 24.6 Å². The van der Waals surface area contributed by atoms with Gasteiger partial charge in [0.15, 0.2) is 0 Å². The van der Waals surface area contributed by atoms with E-state index in [-0.39, 0.29) is 24.0 Å². The van der Waals surface area contributed by atoms with Gasteiger partial charge in [0.25, 0.3) is 0 Å². The molecular weight excluding hydrogens is 650 g/mol. The zero-order valence-corrected chi connectivity index (χ0v) is 28.1. The summed E-state index contributed by atoms with van der Waals surface area (Å²) in [7, 11) is 1.74. The highest BCUT2D eigenvalue weighted by Crippen LogP contribution is 2.44. The Bertz CT molecular complexity index is 2200. The van der Waals surface area contributed by atoms with Crippen molar-refractivity contribution in [2.75, 3.05) is 11.9 Å². The number of hydrogen-bond donors (Lipinski definition) is 2. The standard InChI is InChI=1S/C39H37N5O7/c1-42-22-29(34(45)30(23-42)36(47)51-24-25-9-3-2-4-10-25)26-14-16-27(17-15-26)39(18-5-6-19-39)37(48)43-20-8-13-33(43)35(46)41-31-11-7-12-32-28(31)21-40-44(32)38(49)50/h2-4,7,9-12,14-17,21-23,33H,5-6,8,13,18-20,24H2,1H3,(H,41,46)(H,49,50)/t33-/m1/s1. The predicted octanol–water partition coefficient (Wildman–Crippen LogP) is 5.73. The van der Waals surface area contributed by atoms with Crippen molar-refractivity contribution in [3.05, 3.63) is 118 Å². The summed E-state index contributed by atoms with van der Waals surface area (Å²) in [6.07, 6.45) is 7.47. The van der Waals surface area contributed by atoms with E-state index < -0.39 is 28.9 Å². The maximum Gasteiger partial charge on any atom is 0.432 e. The Kier molecular flexibility index (Phi) is 8.99. The number of carboxylic acid groups (broad SMARTS) is 1. The smallest absolute Gasteiger partial charge is 0.432 e. The third-order valence-corrected chi connectivity index (χ3v) is 10.1. The molecule has 3 aromatic carbocycles. The number of likely N-dealkylation sites (tertiary alicyclic amines) is 1. The topological polar surface area (TPSA) is 153 Å². The molecule has 2 aromatic heterocycles. The number of nitrogens with zero attached hydrogens (tertiary/aromatic N) is 4. The van der Waals surface area contributed by atoms with Crippen LogP contribution in [-0.2, 0) is 33.4 Å². The van der Waals surface area contributed by atoms with Crippen molar-refractivity contribution >= 4 is 40.5 Å². The van der Waals surface area contributed by atoms with Crippen LogP contribution in [0.2, 0.25) is 0 Å². The van der Waals surface area contributed by atoms with Crippen LogP contribution in [-0.4, -0.2) is 60.8 Å². The van der Waals surface area contributed by atoms with Gasteiger partial charge in [0.2, 0.25) is 17.2 Å². The van der Waals surface area contributed by atoms with Crippen LogP contribution in [0.4, 0.5) is 10.5 Å². The Morgan fingerprint density at radius 2 is 1.69 bits per heavy atom. The van der Waals surface area contributed by atoms with Gasteiger partial charge in [-0.3, -0.25) is 14.4 Å². The first-order valence-electron chi connectivity index (χ1n) is 17.0. The molecule has 0 bridgehead atoms. The summed E-state index contributed by atoms with van der Waals surface area (Å²) in [5, 5.41) is 16.8. The van der Waals surface area contributed by atoms with Crippen molar-refractivity contribution in [1.29, 1.82) is 0 Å². The molecule has 5 aromatic rings. The summed E-state index contributed by atoms with van der Waals surface area (Å²) < 4.78 is 7.96. The Hall–Kier alpha value is -6.04.